The normalized spacial score (nSPS) is 13.3. The largest absolute Gasteiger partial charge is 0.455 e. The molecular weight excluding hydrogens is 393 g/mol. The van der Waals surface area contributed by atoms with Crippen LogP contribution in [0.1, 0.15) is 17.5 Å². The highest BCUT2D eigenvalue weighted by atomic mass is 19.4. The number of furan rings is 1. The fourth-order valence-corrected chi connectivity index (χ4v) is 3.33. The van der Waals surface area contributed by atoms with Crippen molar-refractivity contribution in [2.45, 2.75) is 12.5 Å². The highest BCUT2D eigenvalue weighted by molar-refractivity contribution is 6.11. The first-order chi connectivity index (χ1) is 13.8. The summed E-state index contributed by atoms with van der Waals surface area (Å²) in [7, 11) is 1.41. The Hall–Kier alpha value is -2.97. The molecule has 0 fully saturated rings. The zero-order chi connectivity index (χ0) is 20.8. The van der Waals surface area contributed by atoms with E-state index in [-0.39, 0.29) is 22.3 Å². The maximum absolute atomic E-state index is 14.6. The van der Waals surface area contributed by atoms with Crippen LogP contribution in [0.3, 0.4) is 0 Å². The molecule has 4 rings (SSSR count). The smallest absolute Gasteiger partial charge is 0.416 e. The van der Waals surface area contributed by atoms with Gasteiger partial charge in [-0.15, -0.1) is 0 Å². The molecule has 29 heavy (non-hydrogen) atoms. The molecule has 3 nitrogen and oxygen atoms in total. The van der Waals surface area contributed by atoms with Crippen LogP contribution in [0, 0.1) is 5.82 Å². The molecule has 1 N–H and O–H groups in total. The Balaban J connectivity index is 1.99. The van der Waals surface area contributed by atoms with Gasteiger partial charge in [-0.1, -0.05) is 36.4 Å². The van der Waals surface area contributed by atoms with Gasteiger partial charge in [0.1, 0.15) is 17.0 Å². The molecule has 0 spiro atoms. The molecule has 1 aromatic heterocycles. The highest BCUT2D eigenvalue weighted by Gasteiger charge is 2.31. The zero-order valence-corrected chi connectivity index (χ0v) is 15.0. The van der Waals surface area contributed by atoms with Crippen molar-refractivity contribution in [2.75, 3.05) is 7.05 Å². The van der Waals surface area contributed by atoms with Gasteiger partial charge in [0.15, 0.2) is 0 Å². The van der Waals surface area contributed by atoms with E-state index in [0.717, 1.165) is 12.1 Å². The molecule has 0 saturated carbocycles. The molecule has 8 heteroatoms. The summed E-state index contributed by atoms with van der Waals surface area (Å²) in [4.78, 5) is 4.82. The molecule has 3 aromatic carbocycles. The summed E-state index contributed by atoms with van der Waals surface area (Å²) in [5, 5.41) is 0.939. The predicted octanol–water partition coefficient (Wildman–Crippen LogP) is 6.53. The lowest BCUT2D eigenvalue weighted by molar-refractivity contribution is -0.137. The van der Waals surface area contributed by atoms with Crippen LogP contribution in [0.4, 0.5) is 22.0 Å². The van der Waals surface area contributed by atoms with Crippen LogP contribution in [-0.4, -0.2) is 7.05 Å². The van der Waals surface area contributed by atoms with Crippen molar-refractivity contribution < 1.29 is 31.2 Å². The summed E-state index contributed by atoms with van der Waals surface area (Å²) in [5.41, 5.74) is 2.04. The minimum atomic E-state index is -4.66. The second-order valence-corrected chi connectivity index (χ2v) is 6.34. The number of benzene rings is 3. The van der Waals surface area contributed by atoms with Crippen LogP contribution in [-0.2, 0) is 11.0 Å². The predicted molar refractivity (Wildman–Crippen MR) is 98.1 cm³/mol. The van der Waals surface area contributed by atoms with E-state index in [1.807, 2.05) is 0 Å². The van der Waals surface area contributed by atoms with Crippen LogP contribution in [0.25, 0.3) is 33.1 Å². The van der Waals surface area contributed by atoms with Gasteiger partial charge in [-0.3, -0.25) is 4.84 Å². The van der Waals surface area contributed by atoms with Crippen molar-refractivity contribution in [2.24, 2.45) is 0 Å². The summed E-state index contributed by atoms with van der Waals surface area (Å²) < 4.78 is 73.5. The number of hydrogen-bond acceptors (Lipinski definition) is 3. The van der Waals surface area contributed by atoms with Gasteiger partial charge in [-0.05, 0) is 18.2 Å². The molecule has 0 amide bonds. The maximum Gasteiger partial charge on any atom is 0.416 e. The van der Waals surface area contributed by atoms with Crippen molar-refractivity contribution in [3.8, 4) is 11.1 Å². The van der Waals surface area contributed by atoms with Crippen LogP contribution in [0.15, 0.2) is 59.0 Å². The second kappa shape index (κ2) is 7.13. The van der Waals surface area contributed by atoms with Crippen molar-refractivity contribution in [1.29, 1.82) is 0 Å². The van der Waals surface area contributed by atoms with E-state index in [4.69, 9.17) is 9.25 Å². The van der Waals surface area contributed by atoms with E-state index in [0.29, 0.717) is 22.4 Å². The van der Waals surface area contributed by atoms with Crippen LogP contribution in [0.2, 0.25) is 0 Å². The quantitative estimate of drug-likeness (QED) is 0.309. The zero-order valence-electron chi connectivity index (χ0n) is 15.0. The molecule has 0 aliphatic rings. The fourth-order valence-electron chi connectivity index (χ4n) is 3.33. The Morgan fingerprint density at radius 2 is 1.72 bits per heavy atom. The van der Waals surface area contributed by atoms with Gasteiger partial charge in [0.25, 0.3) is 0 Å². The third kappa shape index (κ3) is 3.34. The number of alkyl halides is 4. The molecular formula is C21H14F5NO2. The summed E-state index contributed by atoms with van der Waals surface area (Å²) in [6, 6.07) is 11.9. The lowest BCUT2D eigenvalue weighted by Gasteiger charge is -2.13. The first kappa shape index (κ1) is 19.4. The molecule has 0 aliphatic heterocycles. The molecule has 0 saturated heterocycles. The third-order valence-corrected chi connectivity index (χ3v) is 4.61. The van der Waals surface area contributed by atoms with Gasteiger partial charge in [-0.25, -0.2) is 14.3 Å². The van der Waals surface area contributed by atoms with Gasteiger partial charge in [0, 0.05) is 34.5 Å². The molecule has 0 radical (unpaired) electrons. The Morgan fingerprint density at radius 1 is 1.00 bits per heavy atom. The molecule has 150 valence electrons. The van der Waals surface area contributed by atoms with Gasteiger partial charge in [-0.2, -0.15) is 13.2 Å². The number of nitrogens with one attached hydrogen (secondary N) is 1. The third-order valence-electron chi connectivity index (χ3n) is 4.61. The first-order valence-corrected chi connectivity index (χ1v) is 8.59. The Kier molecular flexibility index (Phi) is 4.76. The maximum atomic E-state index is 14.6. The minimum Gasteiger partial charge on any atom is -0.455 e. The lowest BCUT2D eigenvalue weighted by Crippen LogP contribution is -2.10. The van der Waals surface area contributed by atoms with E-state index in [2.05, 4.69) is 5.48 Å². The lowest BCUT2D eigenvalue weighted by atomic mass is 9.97. The van der Waals surface area contributed by atoms with Gasteiger partial charge in [0.2, 0.25) is 6.36 Å². The summed E-state index contributed by atoms with van der Waals surface area (Å²) in [6.07, 6.45) is -6.50. The first-order valence-electron chi connectivity index (χ1n) is 8.59. The topological polar surface area (TPSA) is 34.4 Å². The molecule has 1 heterocycles. The van der Waals surface area contributed by atoms with E-state index in [1.165, 1.54) is 19.2 Å². The Bertz CT molecular complexity index is 1200. The summed E-state index contributed by atoms with van der Waals surface area (Å²) in [5.74, 6) is -1.06. The van der Waals surface area contributed by atoms with Gasteiger partial charge < -0.3 is 4.42 Å². The average Bonchev–Trinajstić information content (AvgIpc) is 3.06. The van der Waals surface area contributed by atoms with Gasteiger partial charge >= 0.3 is 6.18 Å². The number of hydrogen-bond donors (Lipinski definition) is 1. The van der Waals surface area contributed by atoms with Gasteiger partial charge in [0.05, 0.1) is 5.56 Å². The minimum absolute atomic E-state index is 0.0847. The van der Waals surface area contributed by atoms with Crippen LogP contribution >= 0.6 is 0 Å². The molecule has 4 aromatic rings. The Morgan fingerprint density at radius 3 is 2.41 bits per heavy atom. The molecule has 0 aliphatic carbocycles. The Labute approximate surface area is 161 Å². The van der Waals surface area contributed by atoms with Crippen LogP contribution < -0.4 is 5.48 Å². The number of para-hydroxylation sites is 1. The SMILES string of the molecule is CNOC(F)c1ccc(-c2ccc(C(F)(F)F)cc2F)c2oc3ccccc3c12. The molecule has 1 atom stereocenters. The molecule has 0 bridgehead atoms. The summed E-state index contributed by atoms with van der Waals surface area (Å²) >= 11 is 0. The molecule has 1 unspecified atom stereocenters. The monoisotopic (exact) mass is 407 g/mol. The van der Waals surface area contributed by atoms with Crippen molar-refractivity contribution in [1.82, 2.24) is 5.48 Å². The van der Waals surface area contributed by atoms with E-state index < -0.39 is 23.9 Å². The van der Waals surface area contributed by atoms with Crippen LogP contribution in [0.5, 0.6) is 0 Å². The van der Waals surface area contributed by atoms with E-state index >= 15 is 0 Å². The van der Waals surface area contributed by atoms with E-state index in [9.17, 15) is 22.0 Å². The second-order valence-electron chi connectivity index (χ2n) is 6.34. The fraction of sp³-hybridized carbons (Fsp3) is 0.143. The van der Waals surface area contributed by atoms with Crippen molar-refractivity contribution >= 4 is 21.9 Å². The average molecular weight is 407 g/mol. The summed E-state index contributed by atoms with van der Waals surface area (Å²) in [6.45, 7) is 0. The number of rotatable bonds is 4. The standard InChI is InChI=1S/C21H14F5NO2/c1-27-29-20(23)15-9-8-13(12-7-6-11(10-16(12)22)21(24,25)26)19-18(15)14-4-2-3-5-17(14)28-19/h2-10,20,27H,1H3. The van der Waals surface area contributed by atoms with Crippen molar-refractivity contribution in [3.63, 3.8) is 0 Å². The van der Waals surface area contributed by atoms with E-state index in [1.54, 1.807) is 24.3 Å². The number of hydroxylamine groups is 1. The number of fused-ring (bicyclic) bond motifs is 3. The number of halogens is 5. The van der Waals surface area contributed by atoms with Crippen molar-refractivity contribution in [3.05, 3.63) is 71.5 Å². The highest BCUT2D eigenvalue weighted by Crippen LogP contribution is 2.42.